The first kappa shape index (κ1) is 8.93. The van der Waals surface area contributed by atoms with Crippen LogP contribution >= 0.6 is 0 Å². The summed E-state index contributed by atoms with van der Waals surface area (Å²) < 4.78 is 1.60. The molecule has 5 heteroatoms. The maximum atomic E-state index is 9.65. The molecule has 0 aliphatic heterocycles. The number of aromatic nitrogens is 4. The lowest BCUT2D eigenvalue weighted by Crippen LogP contribution is -1.97. The Labute approximate surface area is 81.4 Å². The predicted molar refractivity (Wildman–Crippen MR) is 52.1 cm³/mol. The Morgan fingerprint density at radius 2 is 2.14 bits per heavy atom. The predicted octanol–water partition coefficient (Wildman–Crippen LogP) is 1.19. The molecule has 5 nitrogen and oxygen atoms in total. The first-order valence-corrected chi connectivity index (χ1v) is 4.49. The van der Waals surface area contributed by atoms with E-state index in [-0.39, 0.29) is 11.7 Å². The smallest absolute Gasteiger partial charge is 0.178 e. The van der Waals surface area contributed by atoms with E-state index in [2.05, 4.69) is 15.3 Å². The quantitative estimate of drug-likeness (QED) is 0.737. The molecule has 14 heavy (non-hydrogen) atoms. The van der Waals surface area contributed by atoms with Gasteiger partial charge in [-0.2, -0.15) is 0 Å². The van der Waals surface area contributed by atoms with Crippen molar-refractivity contribution in [1.29, 1.82) is 0 Å². The highest BCUT2D eigenvalue weighted by molar-refractivity contribution is 5.72. The van der Waals surface area contributed by atoms with E-state index in [0.29, 0.717) is 16.9 Å². The second kappa shape index (κ2) is 2.94. The molecular formula is C9H12N4O. The zero-order chi connectivity index (χ0) is 10.3. The number of fused-ring (bicyclic) bond motifs is 1. The number of nitrogens with zero attached hydrogens (tertiary/aromatic N) is 4. The molecule has 1 N–H and O–H groups in total. The molecule has 2 aromatic heterocycles. The molecule has 0 aliphatic rings. The minimum Gasteiger partial charge on any atom is -0.506 e. The lowest BCUT2D eigenvalue weighted by molar-refractivity contribution is 0.461. The average molecular weight is 192 g/mol. The summed E-state index contributed by atoms with van der Waals surface area (Å²) in [6.45, 7) is 3.97. The van der Waals surface area contributed by atoms with Crippen LogP contribution in [0, 0.1) is 0 Å². The third kappa shape index (κ3) is 1.21. The van der Waals surface area contributed by atoms with Crippen molar-refractivity contribution in [2.24, 2.45) is 7.05 Å². The van der Waals surface area contributed by atoms with Crippen molar-refractivity contribution in [3.8, 4) is 5.75 Å². The van der Waals surface area contributed by atoms with Gasteiger partial charge in [-0.15, -0.1) is 5.10 Å². The van der Waals surface area contributed by atoms with Crippen LogP contribution in [0.4, 0.5) is 0 Å². The van der Waals surface area contributed by atoms with Gasteiger partial charge in [-0.3, -0.25) is 0 Å². The van der Waals surface area contributed by atoms with Crippen LogP contribution in [0.15, 0.2) is 6.07 Å². The van der Waals surface area contributed by atoms with E-state index in [1.165, 1.54) is 0 Å². The van der Waals surface area contributed by atoms with Crippen molar-refractivity contribution >= 4 is 11.2 Å². The first-order chi connectivity index (χ1) is 6.59. The van der Waals surface area contributed by atoms with Crippen LogP contribution in [-0.2, 0) is 7.05 Å². The largest absolute Gasteiger partial charge is 0.506 e. The molecule has 2 rings (SSSR count). The van der Waals surface area contributed by atoms with Gasteiger partial charge in [0, 0.05) is 13.1 Å². The van der Waals surface area contributed by atoms with E-state index in [1.807, 2.05) is 13.8 Å². The lowest BCUT2D eigenvalue weighted by atomic mass is 10.1. The van der Waals surface area contributed by atoms with Gasteiger partial charge in [0.05, 0.1) is 5.69 Å². The Morgan fingerprint density at radius 1 is 1.43 bits per heavy atom. The van der Waals surface area contributed by atoms with Crippen LogP contribution in [0.3, 0.4) is 0 Å². The van der Waals surface area contributed by atoms with Crippen molar-refractivity contribution in [3.05, 3.63) is 11.8 Å². The van der Waals surface area contributed by atoms with E-state index in [0.717, 1.165) is 0 Å². The number of rotatable bonds is 1. The second-order valence-electron chi connectivity index (χ2n) is 3.60. The molecule has 0 saturated heterocycles. The van der Waals surface area contributed by atoms with Crippen molar-refractivity contribution < 1.29 is 5.11 Å². The average Bonchev–Trinajstić information content (AvgIpc) is 2.46. The van der Waals surface area contributed by atoms with Gasteiger partial charge >= 0.3 is 0 Å². The van der Waals surface area contributed by atoms with Crippen LogP contribution in [0.2, 0.25) is 0 Å². The van der Waals surface area contributed by atoms with Crippen LogP contribution in [0.5, 0.6) is 5.75 Å². The van der Waals surface area contributed by atoms with E-state index >= 15 is 0 Å². The summed E-state index contributed by atoms with van der Waals surface area (Å²) in [5.74, 6) is 0.377. The second-order valence-corrected chi connectivity index (χ2v) is 3.60. The number of aromatic hydroxyl groups is 1. The fraction of sp³-hybridized carbons (Fsp3) is 0.444. The highest BCUT2D eigenvalue weighted by Crippen LogP contribution is 2.25. The molecule has 0 amide bonds. The summed E-state index contributed by atoms with van der Waals surface area (Å²) in [5, 5.41) is 17.3. The number of hydrogen-bond acceptors (Lipinski definition) is 4. The molecule has 0 radical (unpaired) electrons. The standard InChI is InChI=1S/C9H12N4O/c1-5(2)8-7(14)4-6-9(10-8)13(3)12-11-6/h4-5,14H,1-3H3. The van der Waals surface area contributed by atoms with E-state index < -0.39 is 0 Å². The Bertz CT molecular complexity index is 475. The van der Waals surface area contributed by atoms with Crippen molar-refractivity contribution in [1.82, 2.24) is 20.0 Å². The summed E-state index contributed by atoms with van der Waals surface area (Å²) in [6, 6.07) is 1.60. The van der Waals surface area contributed by atoms with E-state index in [1.54, 1.807) is 17.8 Å². The summed E-state index contributed by atoms with van der Waals surface area (Å²) in [4.78, 5) is 4.32. The van der Waals surface area contributed by atoms with Gasteiger partial charge in [0.15, 0.2) is 5.65 Å². The molecule has 0 aliphatic carbocycles. The maximum absolute atomic E-state index is 9.65. The minimum absolute atomic E-state index is 0.188. The molecule has 2 aromatic rings. The number of hydrogen-bond donors (Lipinski definition) is 1. The molecule has 0 atom stereocenters. The van der Waals surface area contributed by atoms with Gasteiger partial charge in [-0.05, 0) is 5.92 Å². The number of pyridine rings is 1. The summed E-state index contributed by atoms with van der Waals surface area (Å²) in [6.07, 6.45) is 0. The van der Waals surface area contributed by atoms with Gasteiger partial charge < -0.3 is 5.11 Å². The molecule has 0 spiro atoms. The maximum Gasteiger partial charge on any atom is 0.178 e. The Morgan fingerprint density at radius 3 is 2.79 bits per heavy atom. The lowest BCUT2D eigenvalue weighted by Gasteiger charge is -2.06. The third-order valence-electron chi connectivity index (χ3n) is 2.13. The van der Waals surface area contributed by atoms with Gasteiger partial charge in [-0.1, -0.05) is 19.1 Å². The first-order valence-electron chi connectivity index (χ1n) is 4.49. The molecular weight excluding hydrogens is 180 g/mol. The van der Waals surface area contributed by atoms with Crippen LogP contribution in [0.25, 0.3) is 11.2 Å². The van der Waals surface area contributed by atoms with Gasteiger partial charge in [-0.25, -0.2) is 9.67 Å². The molecule has 74 valence electrons. The summed E-state index contributed by atoms with van der Waals surface area (Å²) >= 11 is 0. The Kier molecular flexibility index (Phi) is 1.87. The Balaban J connectivity index is 2.74. The summed E-state index contributed by atoms with van der Waals surface area (Å²) in [7, 11) is 1.78. The monoisotopic (exact) mass is 192 g/mol. The van der Waals surface area contributed by atoms with Crippen LogP contribution in [-0.4, -0.2) is 25.1 Å². The minimum atomic E-state index is 0.188. The number of aryl methyl sites for hydroxylation is 1. The normalized spacial score (nSPS) is 11.4. The third-order valence-corrected chi connectivity index (χ3v) is 2.13. The molecule has 0 fully saturated rings. The molecule has 0 saturated carbocycles. The molecule has 0 bridgehead atoms. The molecule has 2 heterocycles. The van der Waals surface area contributed by atoms with Crippen molar-refractivity contribution in [3.63, 3.8) is 0 Å². The zero-order valence-corrected chi connectivity index (χ0v) is 8.39. The van der Waals surface area contributed by atoms with E-state index in [4.69, 9.17) is 0 Å². The molecule has 0 unspecified atom stereocenters. The summed E-state index contributed by atoms with van der Waals surface area (Å²) in [5.41, 5.74) is 2.00. The van der Waals surface area contributed by atoms with Crippen LogP contribution in [0.1, 0.15) is 25.5 Å². The highest BCUT2D eigenvalue weighted by atomic mass is 16.3. The van der Waals surface area contributed by atoms with Crippen molar-refractivity contribution in [2.45, 2.75) is 19.8 Å². The van der Waals surface area contributed by atoms with E-state index in [9.17, 15) is 5.11 Å². The Hall–Kier alpha value is -1.65. The topological polar surface area (TPSA) is 63.8 Å². The van der Waals surface area contributed by atoms with Gasteiger partial charge in [0.2, 0.25) is 0 Å². The molecule has 0 aromatic carbocycles. The fourth-order valence-electron chi connectivity index (χ4n) is 1.39. The zero-order valence-electron chi connectivity index (χ0n) is 8.39. The van der Waals surface area contributed by atoms with Crippen LogP contribution < -0.4 is 0 Å². The van der Waals surface area contributed by atoms with Crippen molar-refractivity contribution in [2.75, 3.05) is 0 Å². The highest BCUT2D eigenvalue weighted by Gasteiger charge is 2.12. The SMILES string of the molecule is CC(C)c1nc2c(cc1O)nnn2C. The fourth-order valence-corrected chi connectivity index (χ4v) is 1.39. The van der Waals surface area contributed by atoms with Gasteiger partial charge in [0.25, 0.3) is 0 Å². The van der Waals surface area contributed by atoms with Gasteiger partial charge in [0.1, 0.15) is 11.3 Å².